The summed E-state index contributed by atoms with van der Waals surface area (Å²) in [4.78, 5) is 38.7. The van der Waals surface area contributed by atoms with Gasteiger partial charge in [0.2, 0.25) is 0 Å². The van der Waals surface area contributed by atoms with Crippen LogP contribution in [0.4, 0.5) is 0 Å². The van der Waals surface area contributed by atoms with E-state index < -0.39 is 11.9 Å². The molecule has 0 unspecified atom stereocenters. The van der Waals surface area contributed by atoms with E-state index in [1.807, 2.05) is 25.1 Å². The molecule has 0 aliphatic carbocycles. The van der Waals surface area contributed by atoms with Crippen LogP contribution < -0.4 is 4.74 Å². The molecule has 0 N–H and O–H groups in total. The fraction of sp³-hybridized carbons (Fsp3) is 0.278. The lowest BCUT2D eigenvalue weighted by molar-refractivity contribution is -0.191. The molecule has 0 aliphatic heterocycles. The summed E-state index contributed by atoms with van der Waals surface area (Å²) < 4.78 is 14.8. The quantitative estimate of drug-likeness (QED) is 0.574. The minimum Gasteiger partial charge on any atom is -0.489 e. The van der Waals surface area contributed by atoms with E-state index in [2.05, 4.69) is 9.47 Å². The number of hydrogen-bond donors (Lipinski definition) is 0. The van der Waals surface area contributed by atoms with Gasteiger partial charge in [0.25, 0.3) is 0 Å². The van der Waals surface area contributed by atoms with Crippen molar-refractivity contribution in [1.82, 2.24) is 0 Å². The largest absolute Gasteiger partial charge is 0.489 e. The average molecular weight is 348 g/mol. The molecule has 0 aromatic heterocycles. The summed E-state index contributed by atoms with van der Waals surface area (Å²) in [6.45, 7) is 3.83. The van der Waals surface area contributed by atoms with Gasteiger partial charge in [-0.1, -0.05) is 12.1 Å². The van der Waals surface area contributed by atoms with Crippen molar-refractivity contribution < 1.29 is 33.4 Å². The first-order valence-electron chi connectivity index (χ1n) is 7.13. The standard InChI is InChI=1S/C17H20O5.CO2/c1-12-7-8-14(11-13(2)17(19)21-4)15(10-12)22-9-5-6-16(18)20-3;2-1-3/h5-8,10-11H,9H2,1-4H3;/b6-5+,13-11+;. The lowest BCUT2D eigenvalue weighted by atomic mass is 10.1. The minimum absolute atomic E-state index is 0.219. The van der Waals surface area contributed by atoms with E-state index in [1.54, 1.807) is 19.1 Å². The van der Waals surface area contributed by atoms with Crippen LogP contribution in [0.15, 0.2) is 35.9 Å². The van der Waals surface area contributed by atoms with E-state index in [4.69, 9.17) is 14.3 Å². The maximum Gasteiger partial charge on any atom is 0.373 e. The van der Waals surface area contributed by atoms with E-state index in [0.29, 0.717) is 11.3 Å². The fourth-order valence-electron chi connectivity index (χ4n) is 1.69. The molecule has 0 amide bonds. The monoisotopic (exact) mass is 348 g/mol. The van der Waals surface area contributed by atoms with Gasteiger partial charge < -0.3 is 14.2 Å². The van der Waals surface area contributed by atoms with Gasteiger partial charge in [-0.3, -0.25) is 0 Å². The van der Waals surface area contributed by atoms with Crippen molar-refractivity contribution in [3.8, 4) is 5.75 Å². The van der Waals surface area contributed by atoms with Gasteiger partial charge in [-0.2, -0.15) is 9.59 Å². The molecular weight excluding hydrogens is 328 g/mol. The zero-order valence-corrected chi connectivity index (χ0v) is 14.5. The van der Waals surface area contributed by atoms with Crippen molar-refractivity contribution in [2.45, 2.75) is 13.8 Å². The second-order valence-electron chi connectivity index (χ2n) is 4.68. The Bertz CT molecular complexity index is 681. The molecule has 0 fully saturated rings. The van der Waals surface area contributed by atoms with E-state index in [1.165, 1.54) is 20.3 Å². The van der Waals surface area contributed by atoms with Crippen molar-refractivity contribution in [3.63, 3.8) is 0 Å². The van der Waals surface area contributed by atoms with Gasteiger partial charge in [0.05, 0.1) is 14.2 Å². The normalized spacial score (nSPS) is 10.3. The first-order chi connectivity index (χ1) is 11.9. The molecular formula is C18H20O7. The molecule has 7 nitrogen and oxygen atoms in total. The highest BCUT2D eigenvalue weighted by Gasteiger charge is 2.07. The van der Waals surface area contributed by atoms with Gasteiger partial charge in [-0.25, -0.2) is 9.59 Å². The lowest BCUT2D eigenvalue weighted by Gasteiger charge is -2.09. The predicted molar refractivity (Wildman–Crippen MR) is 88.5 cm³/mol. The number of hydrogen-bond acceptors (Lipinski definition) is 7. The van der Waals surface area contributed by atoms with Crippen molar-refractivity contribution in [1.29, 1.82) is 0 Å². The van der Waals surface area contributed by atoms with Gasteiger partial charge in [0, 0.05) is 17.2 Å². The second kappa shape index (κ2) is 12.3. The third kappa shape index (κ3) is 8.88. The smallest absolute Gasteiger partial charge is 0.373 e. The molecule has 0 radical (unpaired) electrons. The van der Waals surface area contributed by atoms with Gasteiger partial charge in [0.15, 0.2) is 0 Å². The van der Waals surface area contributed by atoms with Crippen LogP contribution in [-0.2, 0) is 28.7 Å². The topological polar surface area (TPSA) is 96.0 Å². The summed E-state index contributed by atoms with van der Waals surface area (Å²) in [5.74, 6) is -0.204. The molecule has 0 spiro atoms. The molecule has 25 heavy (non-hydrogen) atoms. The third-order valence-corrected chi connectivity index (χ3v) is 2.84. The molecule has 0 aliphatic rings. The number of methoxy groups -OCH3 is 2. The zero-order chi connectivity index (χ0) is 19.2. The number of ether oxygens (including phenoxy) is 3. The van der Waals surface area contributed by atoms with E-state index in [9.17, 15) is 9.59 Å². The molecule has 0 bridgehead atoms. The van der Waals surface area contributed by atoms with Gasteiger partial charge in [-0.15, -0.1) is 0 Å². The van der Waals surface area contributed by atoms with Gasteiger partial charge in [-0.05, 0) is 37.6 Å². The number of carbonyl (C=O) groups excluding carboxylic acids is 4. The molecule has 1 aromatic rings. The van der Waals surface area contributed by atoms with Crippen LogP contribution in [-0.4, -0.2) is 38.9 Å². The predicted octanol–water partition coefficient (Wildman–Crippen LogP) is 2.10. The second-order valence-corrected chi connectivity index (χ2v) is 4.68. The van der Waals surface area contributed by atoms with Crippen LogP contribution in [0, 0.1) is 6.92 Å². The average Bonchev–Trinajstić information content (AvgIpc) is 2.60. The van der Waals surface area contributed by atoms with Crippen LogP contribution in [0.3, 0.4) is 0 Å². The molecule has 7 heteroatoms. The van der Waals surface area contributed by atoms with E-state index >= 15 is 0 Å². The Kier molecular flexibility index (Phi) is 10.7. The molecule has 0 saturated heterocycles. The first kappa shape index (κ1) is 21.8. The summed E-state index contributed by atoms with van der Waals surface area (Å²) in [5.41, 5.74) is 2.26. The number of rotatable bonds is 6. The minimum atomic E-state index is -0.436. The van der Waals surface area contributed by atoms with Gasteiger partial charge in [0.1, 0.15) is 12.4 Å². The van der Waals surface area contributed by atoms with Crippen LogP contribution in [0.1, 0.15) is 18.1 Å². The van der Waals surface area contributed by atoms with Crippen LogP contribution >= 0.6 is 0 Å². The lowest BCUT2D eigenvalue weighted by Crippen LogP contribution is -2.02. The van der Waals surface area contributed by atoms with Crippen molar-refractivity contribution >= 4 is 24.2 Å². The van der Waals surface area contributed by atoms with Crippen molar-refractivity contribution in [2.75, 3.05) is 20.8 Å². The SMILES string of the molecule is COC(=O)/C=C/COc1cc(C)ccc1/C=C(\C)C(=O)OC.O=C=O. The molecule has 0 atom stereocenters. The first-order valence-corrected chi connectivity index (χ1v) is 7.13. The summed E-state index contributed by atoms with van der Waals surface area (Å²) >= 11 is 0. The summed E-state index contributed by atoms with van der Waals surface area (Å²) in [6, 6.07) is 5.65. The number of benzene rings is 1. The fourth-order valence-corrected chi connectivity index (χ4v) is 1.69. The maximum atomic E-state index is 11.5. The zero-order valence-electron chi connectivity index (χ0n) is 14.5. The highest BCUT2D eigenvalue weighted by molar-refractivity contribution is 5.93. The van der Waals surface area contributed by atoms with Crippen molar-refractivity contribution in [2.24, 2.45) is 0 Å². The van der Waals surface area contributed by atoms with Crippen LogP contribution in [0.5, 0.6) is 5.75 Å². The Morgan fingerprint density at radius 2 is 1.80 bits per heavy atom. The highest BCUT2D eigenvalue weighted by Crippen LogP contribution is 2.23. The number of aryl methyl sites for hydroxylation is 1. The maximum absolute atomic E-state index is 11.5. The van der Waals surface area contributed by atoms with E-state index in [0.717, 1.165) is 11.1 Å². The molecule has 0 saturated carbocycles. The number of esters is 2. The summed E-state index contributed by atoms with van der Waals surface area (Å²) in [7, 11) is 2.65. The highest BCUT2D eigenvalue weighted by atomic mass is 16.5. The molecule has 0 heterocycles. The Morgan fingerprint density at radius 1 is 1.16 bits per heavy atom. The Labute approximate surface area is 145 Å². The number of carbonyl (C=O) groups is 2. The third-order valence-electron chi connectivity index (χ3n) is 2.84. The molecule has 1 aromatic carbocycles. The van der Waals surface area contributed by atoms with Crippen molar-refractivity contribution in [3.05, 3.63) is 47.1 Å². The molecule has 1 rings (SSSR count). The Balaban J connectivity index is 0.00000178. The Hall–Kier alpha value is -3.18. The summed E-state index contributed by atoms with van der Waals surface area (Å²) in [6.07, 6.45) is 4.81. The summed E-state index contributed by atoms with van der Waals surface area (Å²) in [5, 5.41) is 0. The van der Waals surface area contributed by atoms with E-state index in [-0.39, 0.29) is 12.8 Å². The molecule has 134 valence electrons. The van der Waals surface area contributed by atoms with Crippen LogP contribution in [0.2, 0.25) is 0 Å². The van der Waals surface area contributed by atoms with Gasteiger partial charge >= 0.3 is 18.1 Å². The Morgan fingerprint density at radius 3 is 2.36 bits per heavy atom. The van der Waals surface area contributed by atoms with Crippen LogP contribution in [0.25, 0.3) is 6.08 Å².